The van der Waals surface area contributed by atoms with Crippen molar-refractivity contribution < 1.29 is 13.2 Å². The van der Waals surface area contributed by atoms with Crippen LogP contribution >= 0.6 is 0 Å². The number of nitrogens with zero attached hydrogens (tertiary/aromatic N) is 2. The molecule has 0 fully saturated rings. The number of aryl methyl sites for hydroxylation is 1. The molecule has 3 nitrogen and oxygen atoms in total. The molecule has 0 amide bonds. The Morgan fingerprint density at radius 1 is 1.10 bits per heavy atom. The van der Waals surface area contributed by atoms with Crippen LogP contribution in [0.15, 0.2) is 24.3 Å². The van der Waals surface area contributed by atoms with Gasteiger partial charge in [-0.3, -0.25) is 4.68 Å². The van der Waals surface area contributed by atoms with Gasteiger partial charge in [0.2, 0.25) is 0 Å². The van der Waals surface area contributed by atoms with Crippen LogP contribution in [0, 0.1) is 0 Å². The van der Waals surface area contributed by atoms with E-state index < -0.39 is 11.7 Å². The van der Waals surface area contributed by atoms with E-state index in [1.54, 1.807) is 4.68 Å². The maximum Gasteiger partial charge on any atom is 0.416 e. The van der Waals surface area contributed by atoms with E-state index in [4.69, 9.17) is 5.73 Å². The first-order valence-electron chi connectivity index (χ1n) is 6.87. The molecule has 0 unspecified atom stereocenters. The Bertz CT molecular complexity index is 612. The molecule has 0 spiro atoms. The predicted molar refractivity (Wildman–Crippen MR) is 75.9 cm³/mol. The lowest BCUT2D eigenvalue weighted by Gasteiger charge is -2.09. The minimum Gasteiger partial charge on any atom is -0.396 e. The molecule has 2 N–H and O–H groups in total. The minimum absolute atomic E-state index is 0.422. The zero-order chi connectivity index (χ0) is 15.6. The largest absolute Gasteiger partial charge is 0.416 e. The molecule has 0 atom stereocenters. The molecule has 1 aromatic carbocycles. The molecule has 1 heterocycles. The van der Waals surface area contributed by atoms with Gasteiger partial charge < -0.3 is 5.73 Å². The molecule has 0 aliphatic carbocycles. The van der Waals surface area contributed by atoms with E-state index in [2.05, 4.69) is 5.10 Å². The Balaban J connectivity index is 2.26. The van der Waals surface area contributed by atoms with E-state index >= 15 is 0 Å². The number of anilines is 1. The van der Waals surface area contributed by atoms with E-state index in [1.165, 1.54) is 12.1 Å². The topological polar surface area (TPSA) is 43.8 Å². The van der Waals surface area contributed by atoms with E-state index in [-0.39, 0.29) is 0 Å². The van der Waals surface area contributed by atoms with E-state index in [0.717, 1.165) is 41.9 Å². The van der Waals surface area contributed by atoms with Crippen molar-refractivity contribution in [3.05, 3.63) is 46.8 Å². The average molecular weight is 297 g/mol. The molecule has 6 heteroatoms. The Hall–Kier alpha value is -1.98. The number of benzene rings is 1. The van der Waals surface area contributed by atoms with Crippen molar-refractivity contribution in [3.63, 3.8) is 0 Å². The van der Waals surface area contributed by atoms with Crippen LogP contribution in [0.4, 0.5) is 18.9 Å². The number of aromatic nitrogens is 2. The van der Waals surface area contributed by atoms with Crippen LogP contribution in [0.25, 0.3) is 0 Å². The zero-order valence-corrected chi connectivity index (χ0v) is 12.0. The van der Waals surface area contributed by atoms with Crippen molar-refractivity contribution in [2.75, 3.05) is 5.73 Å². The van der Waals surface area contributed by atoms with Crippen LogP contribution in [0.5, 0.6) is 0 Å². The Kier molecular flexibility index (Phi) is 4.25. The maximum absolute atomic E-state index is 12.5. The van der Waals surface area contributed by atoms with Gasteiger partial charge in [-0.05, 0) is 30.5 Å². The Morgan fingerprint density at radius 2 is 1.71 bits per heavy atom. The lowest BCUT2D eigenvalue weighted by molar-refractivity contribution is -0.137. The monoisotopic (exact) mass is 297 g/mol. The summed E-state index contributed by atoms with van der Waals surface area (Å²) >= 11 is 0. The Morgan fingerprint density at radius 3 is 2.19 bits per heavy atom. The molecule has 21 heavy (non-hydrogen) atoms. The summed E-state index contributed by atoms with van der Waals surface area (Å²) in [7, 11) is 0. The van der Waals surface area contributed by atoms with Crippen molar-refractivity contribution >= 4 is 5.69 Å². The number of nitrogens with two attached hydrogens (primary N) is 1. The molecule has 0 radical (unpaired) electrons. The summed E-state index contributed by atoms with van der Waals surface area (Å²) in [6, 6.07) is 5.14. The van der Waals surface area contributed by atoms with E-state index in [9.17, 15) is 13.2 Å². The number of halogens is 3. The minimum atomic E-state index is -4.31. The van der Waals surface area contributed by atoms with Crippen LogP contribution in [-0.4, -0.2) is 9.78 Å². The third-order valence-electron chi connectivity index (χ3n) is 3.46. The second-order valence-electron chi connectivity index (χ2n) is 4.87. The van der Waals surface area contributed by atoms with Gasteiger partial charge in [-0.15, -0.1) is 0 Å². The summed E-state index contributed by atoms with van der Waals surface area (Å²) in [4.78, 5) is 0. The maximum atomic E-state index is 12.5. The number of alkyl halides is 3. The quantitative estimate of drug-likeness (QED) is 0.936. The first kappa shape index (κ1) is 15.4. The first-order valence-corrected chi connectivity index (χ1v) is 6.87. The lowest BCUT2D eigenvalue weighted by atomic mass is 10.1. The smallest absolute Gasteiger partial charge is 0.396 e. The first-order chi connectivity index (χ1) is 9.86. The van der Waals surface area contributed by atoms with Crippen LogP contribution in [0.2, 0.25) is 0 Å². The standard InChI is InChI=1S/C15H18F3N3/c1-3-12-14(19)13(4-2)21(20-12)9-10-5-7-11(8-6-10)15(16,17)18/h5-8H,3-4,9,19H2,1-2H3. The van der Waals surface area contributed by atoms with Gasteiger partial charge in [0, 0.05) is 0 Å². The summed E-state index contributed by atoms with van der Waals surface area (Å²) in [5.74, 6) is 0. The van der Waals surface area contributed by atoms with Crippen molar-refractivity contribution in [1.82, 2.24) is 9.78 Å². The molecular formula is C15H18F3N3. The van der Waals surface area contributed by atoms with Crippen LogP contribution < -0.4 is 5.73 Å². The van der Waals surface area contributed by atoms with Gasteiger partial charge >= 0.3 is 6.18 Å². The van der Waals surface area contributed by atoms with Crippen LogP contribution in [0.1, 0.15) is 36.4 Å². The van der Waals surface area contributed by atoms with Gasteiger partial charge in [-0.2, -0.15) is 18.3 Å². The molecule has 0 bridgehead atoms. The fraction of sp³-hybridized carbons (Fsp3) is 0.400. The summed E-state index contributed by atoms with van der Waals surface area (Å²) in [5, 5.41) is 4.43. The molecule has 1 aromatic heterocycles. The van der Waals surface area contributed by atoms with Gasteiger partial charge in [0.25, 0.3) is 0 Å². The Labute approximate surface area is 121 Å². The van der Waals surface area contributed by atoms with Gasteiger partial charge in [-0.1, -0.05) is 26.0 Å². The van der Waals surface area contributed by atoms with Crippen molar-refractivity contribution in [3.8, 4) is 0 Å². The highest BCUT2D eigenvalue weighted by Crippen LogP contribution is 2.29. The highest BCUT2D eigenvalue weighted by molar-refractivity contribution is 5.48. The van der Waals surface area contributed by atoms with Crippen molar-refractivity contribution in [2.24, 2.45) is 0 Å². The molecule has 114 valence electrons. The van der Waals surface area contributed by atoms with Gasteiger partial charge in [0.05, 0.1) is 29.2 Å². The highest BCUT2D eigenvalue weighted by Gasteiger charge is 2.29. The molecule has 2 rings (SSSR count). The molecular weight excluding hydrogens is 279 g/mol. The van der Waals surface area contributed by atoms with Crippen molar-refractivity contribution in [2.45, 2.75) is 39.4 Å². The fourth-order valence-corrected chi connectivity index (χ4v) is 2.30. The van der Waals surface area contributed by atoms with E-state index in [0.29, 0.717) is 12.2 Å². The highest BCUT2D eigenvalue weighted by atomic mass is 19.4. The number of nitrogen functional groups attached to an aromatic ring is 1. The summed E-state index contributed by atoms with van der Waals surface area (Å²) in [6.45, 7) is 4.38. The van der Waals surface area contributed by atoms with Crippen LogP contribution in [0.3, 0.4) is 0 Å². The number of hydrogen-bond acceptors (Lipinski definition) is 2. The van der Waals surface area contributed by atoms with E-state index in [1.807, 2.05) is 13.8 Å². The molecule has 0 saturated carbocycles. The average Bonchev–Trinajstić information content (AvgIpc) is 2.73. The normalized spacial score (nSPS) is 11.9. The van der Waals surface area contributed by atoms with Gasteiger partial charge in [0.1, 0.15) is 0 Å². The molecule has 2 aromatic rings. The van der Waals surface area contributed by atoms with Gasteiger partial charge in [-0.25, -0.2) is 0 Å². The van der Waals surface area contributed by atoms with Crippen LogP contribution in [-0.2, 0) is 25.6 Å². The van der Waals surface area contributed by atoms with Crippen molar-refractivity contribution in [1.29, 1.82) is 0 Å². The second kappa shape index (κ2) is 5.79. The zero-order valence-electron chi connectivity index (χ0n) is 12.0. The molecule has 0 aliphatic rings. The third-order valence-corrected chi connectivity index (χ3v) is 3.46. The molecule has 0 saturated heterocycles. The third kappa shape index (κ3) is 3.20. The lowest BCUT2D eigenvalue weighted by Crippen LogP contribution is -2.08. The summed E-state index contributed by atoms with van der Waals surface area (Å²) in [5.41, 5.74) is 8.59. The SMILES string of the molecule is CCc1nn(Cc2ccc(C(F)(F)F)cc2)c(CC)c1N. The molecule has 0 aliphatic heterocycles. The second-order valence-corrected chi connectivity index (χ2v) is 4.87. The summed E-state index contributed by atoms with van der Waals surface area (Å²) in [6.07, 6.45) is -2.84. The summed E-state index contributed by atoms with van der Waals surface area (Å²) < 4.78 is 39.4. The number of rotatable bonds is 4. The van der Waals surface area contributed by atoms with Gasteiger partial charge in [0.15, 0.2) is 0 Å². The fourth-order valence-electron chi connectivity index (χ4n) is 2.30. The predicted octanol–water partition coefficient (Wildman–Crippen LogP) is 3.66. The number of hydrogen-bond donors (Lipinski definition) is 1.